The maximum Gasteiger partial charge on any atom is 0.265 e. The van der Waals surface area contributed by atoms with Crippen molar-refractivity contribution in [3.63, 3.8) is 0 Å². The van der Waals surface area contributed by atoms with E-state index in [1.54, 1.807) is 17.6 Å². The largest absolute Gasteiger partial charge is 0.324 e. The first-order valence-corrected chi connectivity index (χ1v) is 8.19. The summed E-state index contributed by atoms with van der Waals surface area (Å²) in [6, 6.07) is 12.1. The fourth-order valence-electron chi connectivity index (χ4n) is 2.59. The number of hydrogen-bond donors (Lipinski definition) is 1. The van der Waals surface area contributed by atoms with Crippen molar-refractivity contribution >= 4 is 45.6 Å². The number of aryl methyl sites for hydroxylation is 1. The second-order valence-corrected chi connectivity index (χ2v) is 5.93. The van der Waals surface area contributed by atoms with Crippen LogP contribution in [-0.2, 0) is 6.54 Å². The van der Waals surface area contributed by atoms with E-state index in [1.165, 1.54) is 0 Å². The number of anilines is 1. The van der Waals surface area contributed by atoms with Crippen LogP contribution in [0, 0.1) is 0 Å². The van der Waals surface area contributed by atoms with Gasteiger partial charge in [-0.3, -0.25) is 0 Å². The summed E-state index contributed by atoms with van der Waals surface area (Å²) in [6.07, 6.45) is 1.74. The Kier molecular flexibility index (Phi) is 3.47. The molecule has 1 aromatic carbocycles. The monoisotopic (exact) mass is 322 g/mol. The Hall–Kier alpha value is -2.80. The van der Waals surface area contributed by atoms with Crippen LogP contribution in [0.25, 0.3) is 22.1 Å². The Labute approximate surface area is 136 Å². The first-order chi connectivity index (χ1) is 11.4. The molecule has 23 heavy (non-hydrogen) atoms. The molecule has 0 fully saturated rings. The van der Waals surface area contributed by atoms with Crippen LogP contribution >= 0.6 is 11.3 Å². The van der Waals surface area contributed by atoms with Crippen LogP contribution in [0.3, 0.4) is 0 Å². The molecular weight excluding hydrogens is 308 g/mol. The Balaban J connectivity index is 1.74. The van der Waals surface area contributed by atoms with Crippen LogP contribution in [-0.4, -0.2) is 26.0 Å². The lowest BCUT2D eigenvalue weighted by atomic mass is 10.2. The predicted molar refractivity (Wildman–Crippen MR) is 94.0 cm³/mol. The Morgan fingerprint density at radius 1 is 1.22 bits per heavy atom. The van der Waals surface area contributed by atoms with Gasteiger partial charge in [0.25, 0.3) is 5.95 Å². The van der Waals surface area contributed by atoms with Gasteiger partial charge in [-0.1, -0.05) is 24.3 Å². The molecule has 0 saturated carbocycles. The third-order valence-corrected chi connectivity index (χ3v) is 4.40. The molecule has 0 atom stereocenters. The summed E-state index contributed by atoms with van der Waals surface area (Å²) in [5.74, 6) is 0.391. The zero-order valence-corrected chi connectivity index (χ0v) is 13.3. The summed E-state index contributed by atoms with van der Waals surface area (Å²) < 4.78 is 2.13. The van der Waals surface area contributed by atoms with E-state index in [4.69, 9.17) is 0 Å². The maximum atomic E-state index is 4.57. The lowest BCUT2D eigenvalue weighted by molar-refractivity contribution is 0.811. The molecule has 0 bridgehead atoms. The smallest absolute Gasteiger partial charge is 0.265 e. The topological polar surface area (TPSA) is 68.0 Å². The van der Waals surface area contributed by atoms with Crippen molar-refractivity contribution in [1.29, 1.82) is 0 Å². The molecule has 3 aromatic heterocycles. The summed E-state index contributed by atoms with van der Waals surface area (Å²) in [7, 11) is 0. The van der Waals surface area contributed by atoms with Gasteiger partial charge in [0.05, 0.1) is 11.7 Å². The number of rotatable bonds is 4. The van der Waals surface area contributed by atoms with Crippen LogP contribution in [0.15, 0.2) is 46.9 Å². The number of thiophene rings is 1. The van der Waals surface area contributed by atoms with E-state index in [-0.39, 0.29) is 0 Å². The molecule has 114 valence electrons. The molecule has 0 aliphatic carbocycles. The van der Waals surface area contributed by atoms with Crippen LogP contribution in [0.2, 0.25) is 0 Å². The minimum atomic E-state index is 0.391. The average Bonchev–Trinajstić information content (AvgIpc) is 3.20. The van der Waals surface area contributed by atoms with Crippen molar-refractivity contribution in [2.45, 2.75) is 13.5 Å². The molecule has 0 amide bonds. The maximum absolute atomic E-state index is 4.57. The molecular formula is C16H14N6S. The fraction of sp³-hybridized carbons (Fsp3) is 0.125. The Morgan fingerprint density at radius 3 is 2.96 bits per heavy atom. The van der Waals surface area contributed by atoms with E-state index in [0.29, 0.717) is 5.95 Å². The SMILES string of the molecule is CCn1c2ccccc2c2nnc(N/N=C/c3cccs3)nc21. The molecule has 0 saturated heterocycles. The normalized spacial score (nSPS) is 11.7. The summed E-state index contributed by atoms with van der Waals surface area (Å²) in [4.78, 5) is 5.63. The van der Waals surface area contributed by atoms with E-state index in [2.05, 4.69) is 43.3 Å². The average molecular weight is 322 g/mol. The number of nitrogens with one attached hydrogen (secondary N) is 1. The van der Waals surface area contributed by atoms with Gasteiger partial charge >= 0.3 is 0 Å². The van der Waals surface area contributed by atoms with Gasteiger partial charge in [0.2, 0.25) is 0 Å². The minimum Gasteiger partial charge on any atom is -0.324 e. The number of fused-ring (bicyclic) bond motifs is 3. The number of aromatic nitrogens is 4. The second kappa shape index (κ2) is 5.77. The zero-order chi connectivity index (χ0) is 15.6. The predicted octanol–water partition coefficient (Wildman–Crippen LogP) is 3.51. The molecule has 3 heterocycles. The molecule has 1 N–H and O–H groups in total. The van der Waals surface area contributed by atoms with Gasteiger partial charge in [-0.2, -0.15) is 10.1 Å². The third-order valence-electron chi connectivity index (χ3n) is 3.59. The molecule has 4 rings (SSSR count). The first kappa shape index (κ1) is 13.8. The van der Waals surface area contributed by atoms with Crippen LogP contribution in [0.5, 0.6) is 0 Å². The van der Waals surface area contributed by atoms with Crippen LogP contribution < -0.4 is 5.43 Å². The van der Waals surface area contributed by atoms with Crippen molar-refractivity contribution in [2.75, 3.05) is 5.43 Å². The summed E-state index contributed by atoms with van der Waals surface area (Å²) in [6.45, 7) is 2.91. The molecule has 0 aliphatic rings. The Bertz CT molecular complexity index is 987. The lowest BCUT2D eigenvalue weighted by Gasteiger charge is -2.02. The van der Waals surface area contributed by atoms with Gasteiger partial charge < -0.3 is 4.57 Å². The van der Waals surface area contributed by atoms with E-state index in [9.17, 15) is 0 Å². The molecule has 6 nitrogen and oxygen atoms in total. The summed E-state index contributed by atoms with van der Waals surface area (Å²) in [5, 5.41) is 15.7. The quantitative estimate of drug-likeness (QED) is 0.461. The highest BCUT2D eigenvalue weighted by molar-refractivity contribution is 7.11. The second-order valence-electron chi connectivity index (χ2n) is 4.95. The standard InChI is InChI=1S/C16H14N6S/c1-2-22-13-8-4-3-7-12(13)14-15(22)18-16(21-19-14)20-17-10-11-6-5-9-23-11/h3-10H,2H2,1H3,(H,18,20,21)/b17-10+. The Morgan fingerprint density at radius 2 is 2.13 bits per heavy atom. The van der Waals surface area contributed by atoms with Gasteiger partial charge in [-0.05, 0) is 24.4 Å². The number of hydrazone groups is 1. The van der Waals surface area contributed by atoms with E-state index in [0.717, 1.165) is 33.5 Å². The lowest BCUT2D eigenvalue weighted by Crippen LogP contribution is -2.01. The number of benzene rings is 1. The highest BCUT2D eigenvalue weighted by Crippen LogP contribution is 2.25. The van der Waals surface area contributed by atoms with E-state index < -0.39 is 0 Å². The summed E-state index contributed by atoms with van der Waals surface area (Å²) >= 11 is 1.62. The van der Waals surface area contributed by atoms with Crippen LogP contribution in [0.1, 0.15) is 11.8 Å². The van der Waals surface area contributed by atoms with Crippen molar-refractivity contribution in [3.8, 4) is 0 Å². The van der Waals surface area contributed by atoms with Gasteiger partial charge in [-0.25, -0.2) is 5.43 Å². The van der Waals surface area contributed by atoms with E-state index in [1.807, 2.05) is 35.7 Å². The van der Waals surface area contributed by atoms with Gasteiger partial charge in [0.15, 0.2) is 5.65 Å². The molecule has 0 spiro atoms. The first-order valence-electron chi connectivity index (χ1n) is 7.31. The molecule has 0 unspecified atom stereocenters. The van der Waals surface area contributed by atoms with Crippen molar-refractivity contribution in [3.05, 3.63) is 46.7 Å². The van der Waals surface area contributed by atoms with Crippen molar-refractivity contribution in [1.82, 2.24) is 19.7 Å². The van der Waals surface area contributed by atoms with Crippen molar-refractivity contribution in [2.24, 2.45) is 5.10 Å². The fourth-order valence-corrected chi connectivity index (χ4v) is 3.17. The molecule has 0 aliphatic heterocycles. The molecule has 4 aromatic rings. The van der Waals surface area contributed by atoms with E-state index >= 15 is 0 Å². The third kappa shape index (κ3) is 2.44. The van der Waals surface area contributed by atoms with Gasteiger partial charge in [0.1, 0.15) is 5.52 Å². The van der Waals surface area contributed by atoms with Crippen molar-refractivity contribution < 1.29 is 0 Å². The number of hydrogen-bond acceptors (Lipinski definition) is 6. The minimum absolute atomic E-state index is 0.391. The van der Waals surface area contributed by atoms with Gasteiger partial charge in [-0.15, -0.1) is 21.5 Å². The summed E-state index contributed by atoms with van der Waals surface area (Å²) in [5.41, 5.74) is 5.60. The van der Waals surface area contributed by atoms with Gasteiger partial charge in [0, 0.05) is 16.8 Å². The molecule has 0 radical (unpaired) electrons. The number of para-hydroxylation sites is 1. The van der Waals surface area contributed by atoms with Crippen LogP contribution in [0.4, 0.5) is 5.95 Å². The zero-order valence-electron chi connectivity index (χ0n) is 12.5. The molecule has 7 heteroatoms. The highest BCUT2D eigenvalue weighted by atomic mass is 32.1. The highest BCUT2D eigenvalue weighted by Gasteiger charge is 2.13. The number of nitrogens with zero attached hydrogens (tertiary/aromatic N) is 5.